The predicted molar refractivity (Wildman–Crippen MR) is 156 cm³/mol. The molecule has 1 atom stereocenters. The first kappa shape index (κ1) is 24.8. The van der Waals surface area contributed by atoms with E-state index in [1.807, 2.05) is 30.5 Å². The Morgan fingerprint density at radius 2 is 1.86 bits per heavy atom. The average Bonchev–Trinajstić information content (AvgIpc) is 2.92. The van der Waals surface area contributed by atoms with E-state index in [9.17, 15) is 5.11 Å². The van der Waals surface area contributed by atoms with Gasteiger partial charge in [-0.25, -0.2) is 9.98 Å². The third kappa shape index (κ3) is 4.86. The van der Waals surface area contributed by atoms with Crippen LogP contribution in [0.15, 0.2) is 77.7 Å². The summed E-state index contributed by atoms with van der Waals surface area (Å²) >= 11 is 2.51. The lowest BCUT2D eigenvalue weighted by atomic mass is 9.82. The molecule has 0 radical (unpaired) electrons. The number of aliphatic hydroxyl groups excluding tert-OH is 1. The van der Waals surface area contributed by atoms with E-state index in [1.165, 1.54) is 5.56 Å². The van der Waals surface area contributed by atoms with Crippen LogP contribution in [0, 0.1) is 18.8 Å². The van der Waals surface area contributed by atoms with Gasteiger partial charge in [0.25, 0.3) is 0 Å². The van der Waals surface area contributed by atoms with E-state index < -0.39 is 0 Å². The monoisotopic (exact) mass is 593 g/mol. The van der Waals surface area contributed by atoms with E-state index in [4.69, 9.17) is 16.5 Å². The molecule has 186 valence electrons. The van der Waals surface area contributed by atoms with Gasteiger partial charge in [-0.1, -0.05) is 65.1 Å². The fourth-order valence-corrected chi connectivity index (χ4v) is 6.46. The first-order valence-corrected chi connectivity index (χ1v) is 13.7. The lowest BCUT2D eigenvalue weighted by molar-refractivity contribution is 0.155. The molecule has 1 fully saturated rings. The summed E-state index contributed by atoms with van der Waals surface area (Å²) in [5, 5.41) is 10.6. The lowest BCUT2D eigenvalue weighted by Gasteiger charge is -2.38. The number of aliphatic hydroxyl groups is 1. The van der Waals surface area contributed by atoms with Crippen molar-refractivity contribution in [2.24, 2.45) is 28.3 Å². The zero-order valence-electron chi connectivity index (χ0n) is 20.4. The molecule has 1 aliphatic carbocycles. The van der Waals surface area contributed by atoms with Crippen molar-refractivity contribution in [2.45, 2.75) is 36.7 Å². The van der Waals surface area contributed by atoms with Crippen LogP contribution in [0.5, 0.6) is 0 Å². The molecule has 5 rings (SSSR count). The molecule has 2 aromatic carbocycles. The number of nitrogens with two attached hydrogens (primary N) is 2. The van der Waals surface area contributed by atoms with Crippen molar-refractivity contribution in [3.8, 4) is 11.3 Å². The molecule has 7 heteroatoms. The molecule has 3 aromatic rings. The Labute approximate surface area is 225 Å². The van der Waals surface area contributed by atoms with Crippen LogP contribution in [-0.2, 0) is 0 Å². The molecule has 6 nitrogen and oxygen atoms in total. The number of alkyl halides is 1. The fraction of sp³-hybridized carbons (Fsp3) is 0.310. The van der Waals surface area contributed by atoms with Crippen molar-refractivity contribution in [3.63, 3.8) is 0 Å². The van der Waals surface area contributed by atoms with Gasteiger partial charge in [0.2, 0.25) is 0 Å². The molecular weight excluding hydrogens is 561 g/mol. The van der Waals surface area contributed by atoms with Crippen molar-refractivity contribution in [1.29, 1.82) is 0 Å². The molecule has 2 aliphatic rings. The summed E-state index contributed by atoms with van der Waals surface area (Å²) in [5.41, 5.74) is 19.6. The van der Waals surface area contributed by atoms with E-state index in [0.717, 1.165) is 59.1 Å². The van der Waals surface area contributed by atoms with Crippen molar-refractivity contribution in [1.82, 2.24) is 9.88 Å². The zero-order valence-corrected chi connectivity index (χ0v) is 22.6. The van der Waals surface area contributed by atoms with E-state index in [-0.39, 0.29) is 10.7 Å². The van der Waals surface area contributed by atoms with E-state index in [0.29, 0.717) is 23.4 Å². The smallest absolute Gasteiger partial charge is 0.149 e. The topological polar surface area (TPSA) is 101 Å². The highest BCUT2D eigenvalue weighted by molar-refractivity contribution is 14.1. The molecule has 36 heavy (non-hydrogen) atoms. The number of nitrogens with zero attached hydrogens (tertiary/aromatic N) is 3. The maximum atomic E-state index is 9.53. The highest BCUT2D eigenvalue weighted by Crippen LogP contribution is 2.38. The minimum absolute atomic E-state index is 0.187. The second-order valence-electron chi connectivity index (χ2n) is 9.74. The van der Waals surface area contributed by atoms with Crippen molar-refractivity contribution in [2.75, 3.05) is 6.61 Å². The minimum Gasteiger partial charge on any atom is -0.396 e. The third-order valence-electron chi connectivity index (χ3n) is 7.40. The predicted octanol–water partition coefficient (Wildman–Crippen LogP) is 5.54. The van der Waals surface area contributed by atoms with Gasteiger partial charge in [-0.2, -0.15) is 0 Å². The number of aromatic nitrogens is 1. The quantitative estimate of drug-likeness (QED) is 0.205. The summed E-state index contributed by atoms with van der Waals surface area (Å²) in [6.45, 7) is 2.39. The second-order valence-corrected chi connectivity index (χ2v) is 11.0. The number of hydrogen-bond acceptors (Lipinski definition) is 6. The highest BCUT2D eigenvalue weighted by Gasteiger charge is 2.32. The summed E-state index contributed by atoms with van der Waals surface area (Å²) < 4.78 is 0.187. The van der Waals surface area contributed by atoms with Crippen LogP contribution < -0.4 is 11.5 Å². The SMILES string of the molecule is Cc1cc(-c2ccccc2)nc2cc(/C(N)=C3\C(N)=NC=CN3C(I)[C@H]3CC[C@H](CO)CC3)ccc12. The summed E-state index contributed by atoms with van der Waals surface area (Å²) in [6, 6.07) is 18.5. The van der Waals surface area contributed by atoms with Crippen LogP contribution in [0.1, 0.15) is 36.8 Å². The van der Waals surface area contributed by atoms with E-state index >= 15 is 0 Å². The molecule has 0 saturated heterocycles. The Bertz CT molecular complexity index is 1340. The van der Waals surface area contributed by atoms with Crippen LogP contribution in [-0.4, -0.2) is 31.5 Å². The van der Waals surface area contributed by atoms with Crippen LogP contribution >= 0.6 is 22.6 Å². The molecule has 0 spiro atoms. The number of pyridine rings is 1. The van der Waals surface area contributed by atoms with E-state index in [2.05, 4.69) is 69.7 Å². The number of rotatable bonds is 5. The maximum absolute atomic E-state index is 9.53. The summed E-state index contributed by atoms with van der Waals surface area (Å²) in [6.07, 6.45) is 7.98. The first-order valence-electron chi connectivity index (χ1n) is 12.5. The molecule has 1 aromatic heterocycles. The van der Waals surface area contributed by atoms with Crippen molar-refractivity contribution < 1.29 is 5.11 Å². The van der Waals surface area contributed by atoms with Gasteiger partial charge in [0.1, 0.15) is 11.5 Å². The van der Waals surface area contributed by atoms with Gasteiger partial charge >= 0.3 is 0 Å². The van der Waals surface area contributed by atoms with Crippen LogP contribution in [0.25, 0.3) is 27.9 Å². The fourth-order valence-electron chi connectivity index (χ4n) is 5.27. The Balaban J connectivity index is 1.52. The molecule has 2 heterocycles. The number of halogens is 1. The number of amidine groups is 1. The Morgan fingerprint density at radius 3 is 2.58 bits per heavy atom. The number of aryl methyl sites for hydroxylation is 1. The largest absolute Gasteiger partial charge is 0.396 e. The van der Waals surface area contributed by atoms with Crippen LogP contribution in [0.2, 0.25) is 0 Å². The number of benzene rings is 2. The third-order valence-corrected chi connectivity index (χ3v) is 9.02. The number of aliphatic imine (C=N–C) groups is 1. The summed E-state index contributed by atoms with van der Waals surface area (Å²) in [4.78, 5) is 11.5. The molecule has 0 amide bonds. The molecule has 1 unspecified atom stereocenters. The van der Waals surface area contributed by atoms with Gasteiger partial charge < -0.3 is 21.5 Å². The van der Waals surface area contributed by atoms with Crippen LogP contribution in [0.3, 0.4) is 0 Å². The van der Waals surface area contributed by atoms with Gasteiger partial charge in [-0.05, 0) is 62.1 Å². The molecule has 5 N–H and O–H groups in total. The van der Waals surface area contributed by atoms with Gasteiger partial charge in [0, 0.05) is 35.5 Å². The van der Waals surface area contributed by atoms with Gasteiger partial charge in [-0.15, -0.1) is 0 Å². The van der Waals surface area contributed by atoms with Crippen molar-refractivity contribution in [3.05, 3.63) is 83.8 Å². The standard InChI is InChI=1S/C29H32IN5O/c1-18-15-24(20-5-3-2-4-6-20)34-25-16-22(11-12-23(18)25)26(31)27-29(32)33-13-14-35(27)28(30)21-9-7-19(17-36)8-10-21/h2-6,11-16,19,21,28,36H,7-10,17,31H2,1H3,(H2,32,33)/b27-26-/t19-,21-,28?. The first-order chi connectivity index (χ1) is 17.5. The Hall–Kier alpha value is -2.91. The van der Waals surface area contributed by atoms with E-state index in [1.54, 1.807) is 6.20 Å². The normalized spacial score (nSPS) is 22.4. The van der Waals surface area contributed by atoms with Crippen molar-refractivity contribution >= 4 is 45.0 Å². The van der Waals surface area contributed by atoms with Gasteiger partial charge in [-0.3, -0.25) is 0 Å². The number of fused-ring (bicyclic) bond motifs is 1. The second kappa shape index (κ2) is 10.6. The zero-order chi connectivity index (χ0) is 25.2. The maximum Gasteiger partial charge on any atom is 0.149 e. The lowest BCUT2D eigenvalue weighted by Crippen LogP contribution is -2.40. The molecular formula is C29H32IN5O. The minimum atomic E-state index is 0.187. The average molecular weight is 594 g/mol. The molecule has 1 saturated carbocycles. The summed E-state index contributed by atoms with van der Waals surface area (Å²) in [7, 11) is 0. The Morgan fingerprint density at radius 1 is 1.11 bits per heavy atom. The highest BCUT2D eigenvalue weighted by atomic mass is 127. The van der Waals surface area contributed by atoms with Crippen LogP contribution in [0.4, 0.5) is 0 Å². The van der Waals surface area contributed by atoms with Gasteiger partial charge in [0.05, 0.1) is 21.0 Å². The summed E-state index contributed by atoms with van der Waals surface area (Å²) in [5.74, 6) is 1.33. The molecule has 0 bridgehead atoms. The number of hydrogen-bond donors (Lipinski definition) is 3. The molecule has 1 aliphatic heterocycles. The Kier molecular flexibility index (Phi) is 7.29. The van der Waals surface area contributed by atoms with Gasteiger partial charge in [0.15, 0.2) is 0 Å².